The Kier molecular flexibility index (Phi) is 9.37. The van der Waals surface area contributed by atoms with Crippen molar-refractivity contribution in [1.82, 2.24) is 10.3 Å². The molecular formula is C25H37N5O3. The van der Waals surface area contributed by atoms with E-state index in [1.165, 1.54) is 0 Å². The molecule has 0 unspecified atom stereocenters. The fraction of sp³-hybridized carbons (Fsp3) is 0.480. The Bertz CT molecular complexity index is 920. The molecule has 8 heteroatoms. The molecule has 0 aliphatic carbocycles. The predicted molar refractivity (Wildman–Crippen MR) is 132 cm³/mol. The second-order valence-electron chi connectivity index (χ2n) is 9.46. The molecule has 8 nitrogen and oxygen atoms in total. The molecule has 0 fully saturated rings. The number of nitrogens with zero attached hydrogens (tertiary/aromatic N) is 1. The van der Waals surface area contributed by atoms with E-state index in [2.05, 4.69) is 34.8 Å². The number of anilines is 2. The number of hydrogen-bond donors (Lipinski definition) is 4. The van der Waals surface area contributed by atoms with E-state index in [-0.39, 0.29) is 17.1 Å². The number of para-hydroxylation sites is 2. The molecule has 1 heterocycles. The topological polar surface area (TPSA) is 118 Å². The van der Waals surface area contributed by atoms with Gasteiger partial charge in [0.15, 0.2) is 0 Å². The Labute approximate surface area is 196 Å². The third kappa shape index (κ3) is 8.82. The number of pyridine rings is 1. The van der Waals surface area contributed by atoms with E-state index in [1.807, 2.05) is 6.07 Å². The van der Waals surface area contributed by atoms with Crippen LogP contribution in [0, 0.1) is 0 Å². The minimum Gasteiger partial charge on any atom is -0.444 e. The fourth-order valence-electron chi connectivity index (χ4n) is 3.15. The zero-order valence-electron chi connectivity index (χ0n) is 20.3. The molecule has 0 spiro atoms. The number of benzene rings is 1. The summed E-state index contributed by atoms with van der Waals surface area (Å²) in [4.78, 5) is 29.3. The van der Waals surface area contributed by atoms with Gasteiger partial charge in [-0.25, -0.2) is 4.79 Å². The quantitative estimate of drug-likeness (QED) is 0.388. The molecule has 1 aromatic carbocycles. The number of hydrogen-bond acceptors (Lipinski definition) is 6. The highest BCUT2D eigenvalue weighted by atomic mass is 16.6. The molecule has 5 N–H and O–H groups in total. The minimum absolute atomic E-state index is 0.269. The van der Waals surface area contributed by atoms with Crippen molar-refractivity contribution < 1.29 is 14.3 Å². The lowest BCUT2D eigenvalue weighted by molar-refractivity contribution is 0.0635. The van der Waals surface area contributed by atoms with Gasteiger partial charge >= 0.3 is 6.09 Å². The maximum atomic E-state index is 12.8. The average Bonchev–Trinajstić information content (AvgIpc) is 2.73. The Hall–Kier alpha value is -2.97. The normalized spacial score (nSPS) is 11.7. The Morgan fingerprint density at radius 2 is 1.61 bits per heavy atom. The van der Waals surface area contributed by atoms with Gasteiger partial charge in [0.05, 0.1) is 11.4 Å². The zero-order valence-corrected chi connectivity index (χ0v) is 20.3. The smallest absolute Gasteiger partial charge is 0.412 e. The number of nitrogens with two attached hydrogens (primary N) is 1. The largest absolute Gasteiger partial charge is 0.444 e. The van der Waals surface area contributed by atoms with Crippen LogP contribution in [0.2, 0.25) is 0 Å². The van der Waals surface area contributed by atoms with Crippen LogP contribution in [0.1, 0.15) is 69.9 Å². The van der Waals surface area contributed by atoms with Crippen molar-refractivity contribution in [1.29, 1.82) is 0 Å². The molecule has 1 aromatic heterocycles. The van der Waals surface area contributed by atoms with E-state index in [0.717, 1.165) is 37.9 Å². The molecule has 0 aliphatic rings. The number of aromatic nitrogens is 1. The summed E-state index contributed by atoms with van der Waals surface area (Å²) in [6.45, 7) is 11.1. The first-order valence-electron chi connectivity index (χ1n) is 11.3. The SMILES string of the molecule is CC(C)(C)OC(=O)Nc1ccccc1NC(=O)c1ccc(C(C)(C)NCCCCCN)cn1. The lowest BCUT2D eigenvalue weighted by Crippen LogP contribution is -2.37. The van der Waals surface area contributed by atoms with Gasteiger partial charge in [-0.1, -0.05) is 24.6 Å². The molecule has 0 atom stereocenters. The molecule has 0 saturated heterocycles. The summed E-state index contributed by atoms with van der Waals surface area (Å²) in [6.07, 6.45) is 4.31. The lowest BCUT2D eigenvalue weighted by Gasteiger charge is -2.27. The summed E-state index contributed by atoms with van der Waals surface area (Å²) in [5, 5.41) is 9.01. The number of ether oxygens (including phenoxy) is 1. The van der Waals surface area contributed by atoms with Gasteiger partial charge in [-0.2, -0.15) is 0 Å². The van der Waals surface area contributed by atoms with Gasteiger partial charge in [0.25, 0.3) is 5.91 Å². The third-order valence-corrected chi connectivity index (χ3v) is 4.98. The Morgan fingerprint density at radius 1 is 0.939 bits per heavy atom. The molecule has 0 saturated carbocycles. The summed E-state index contributed by atoms with van der Waals surface area (Å²) in [5.41, 5.74) is 6.82. The summed E-state index contributed by atoms with van der Waals surface area (Å²) in [7, 11) is 0. The van der Waals surface area contributed by atoms with Gasteiger partial charge in [-0.05, 0) is 84.3 Å². The molecule has 0 aliphatic heterocycles. The van der Waals surface area contributed by atoms with Crippen LogP contribution in [0.5, 0.6) is 0 Å². The van der Waals surface area contributed by atoms with Crippen molar-refractivity contribution in [3.05, 3.63) is 53.9 Å². The van der Waals surface area contributed by atoms with Gasteiger partial charge in [-0.3, -0.25) is 15.1 Å². The fourth-order valence-corrected chi connectivity index (χ4v) is 3.15. The highest BCUT2D eigenvalue weighted by Crippen LogP contribution is 2.23. The molecule has 0 bridgehead atoms. The number of carbonyl (C=O) groups excluding carboxylic acids is 2. The standard InChI is InChI=1S/C25H37N5O3/c1-24(2,3)33-23(32)30-20-12-8-7-11-19(20)29-22(31)21-14-13-18(17-27-21)25(4,5)28-16-10-6-9-15-26/h7-8,11-14,17,28H,6,9-10,15-16,26H2,1-5H3,(H,29,31)(H,30,32). The van der Waals surface area contributed by atoms with Gasteiger partial charge < -0.3 is 21.1 Å². The second kappa shape index (κ2) is 11.8. The molecule has 2 amide bonds. The average molecular weight is 456 g/mol. The van der Waals surface area contributed by atoms with Crippen molar-refractivity contribution in [2.75, 3.05) is 23.7 Å². The number of carbonyl (C=O) groups is 2. The highest BCUT2D eigenvalue weighted by molar-refractivity contribution is 6.05. The van der Waals surface area contributed by atoms with Crippen LogP contribution in [0.25, 0.3) is 0 Å². The summed E-state index contributed by atoms with van der Waals surface area (Å²) in [6, 6.07) is 10.5. The molecule has 0 radical (unpaired) electrons. The number of unbranched alkanes of at least 4 members (excludes halogenated alkanes) is 2. The molecule has 2 aromatic rings. The van der Waals surface area contributed by atoms with Crippen molar-refractivity contribution in [2.45, 2.75) is 65.0 Å². The van der Waals surface area contributed by atoms with Crippen molar-refractivity contribution >= 4 is 23.4 Å². The maximum Gasteiger partial charge on any atom is 0.412 e. The van der Waals surface area contributed by atoms with Crippen LogP contribution in [0.3, 0.4) is 0 Å². The zero-order chi connectivity index (χ0) is 24.5. The van der Waals surface area contributed by atoms with Gasteiger partial charge in [0.1, 0.15) is 11.3 Å². The number of amides is 2. The second-order valence-corrected chi connectivity index (χ2v) is 9.46. The van der Waals surface area contributed by atoms with Gasteiger partial charge in [-0.15, -0.1) is 0 Å². The minimum atomic E-state index is -0.624. The summed E-state index contributed by atoms with van der Waals surface area (Å²) in [5.74, 6) is -0.368. The van der Waals surface area contributed by atoms with Crippen molar-refractivity contribution in [3.63, 3.8) is 0 Å². The highest BCUT2D eigenvalue weighted by Gasteiger charge is 2.21. The monoisotopic (exact) mass is 455 g/mol. The first-order chi connectivity index (χ1) is 15.5. The Balaban J connectivity index is 2.02. The van der Waals surface area contributed by atoms with Gasteiger partial charge in [0, 0.05) is 11.7 Å². The van der Waals surface area contributed by atoms with E-state index in [4.69, 9.17) is 10.5 Å². The van der Waals surface area contributed by atoms with Crippen LogP contribution in [-0.4, -0.2) is 35.7 Å². The lowest BCUT2D eigenvalue weighted by atomic mass is 9.95. The van der Waals surface area contributed by atoms with Crippen LogP contribution in [0.4, 0.5) is 16.2 Å². The van der Waals surface area contributed by atoms with Crippen molar-refractivity contribution in [2.24, 2.45) is 5.73 Å². The van der Waals surface area contributed by atoms with E-state index < -0.39 is 11.7 Å². The molecular weight excluding hydrogens is 418 g/mol. The molecule has 180 valence electrons. The van der Waals surface area contributed by atoms with Crippen molar-refractivity contribution in [3.8, 4) is 0 Å². The summed E-state index contributed by atoms with van der Waals surface area (Å²) < 4.78 is 5.29. The van der Waals surface area contributed by atoms with E-state index >= 15 is 0 Å². The Morgan fingerprint density at radius 3 is 2.18 bits per heavy atom. The summed E-state index contributed by atoms with van der Waals surface area (Å²) >= 11 is 0. The van der Waals surface area contributed by atoms with Crippen LogP contribution >= 0.6 is 0 Å². The van der Waals surface area contributed by atoms with E-state index in [9.17, 15) is 9.59 Å². The van der Waals surface area contributed by atoms with Crippen LogP contribution in [0.15, 0.2) is 42.6 Å². The number of rotatable bonds is 10. The maximum absolute atomic E-state index is 12.8. The van der Waals surface area contributed by atoms with Crippen LogP contribution < -0.4 is 21.7 Å². The number of nitrogens with one attached hydrogen (secondary N) is 3. The van der Waals surface area contributed by atoms with E-state index in [0.29, 0.717) is 11.4 Å². The first-order valence-corrected chi connectivity index (χ1v) is 11.3. The first kappa shape index (κ1) is 26.3. The predicted octanol–water partition coefficient (Wildman–Crippen LogP) is 4.63. The molecule has 33 heavy (non-hydrogen) atoms. The third-order valence-electron chi connectivity index (χ3n) is 4.98. The van der Waals surface area contributed by atoms with E-state index in [1.54, 1.807) is 57.3 Å². The van der Waals surface area contributed by atoms with Gasteiger partial charge in [0.2, 0.25) is 0 Å². The molecule has 2 rings (SSSR count). The van der Waals surface area contributed by atoms with Crippen LogP contribution in [-0.2, 0) is 10.3 Å².